The Morgan fingerprint density at radius 3 is 2.31 bits per heavy atom. The molecular weight excluding hydrogens is 245 g/mol. The lowest BCUT2D eigenvalue weighted by Crippen LogP contribution is -2.22. The second-order valence-electron chi connectivity index (χ2n) is 3.87. The van der Waals surface area contributed by atoms with Crippen molar-refractivity contribution >= 4 is 23.2 Å². The van der Waals surface area contributed by atoms with Gasteiger partial charge in [0.2, 0.25) is 0 Å². The first-order valence-electron chi connectivity index (χ1n) is 5.42. The van der Waals surface area contributed by atoms with Crippen molar-refractivity contribution in [2.45, 2.75) is 31.8 Å². The van der Waals surface area contributed by atoms with Crippen molar-refractivity contribution in [2.75, 3.05) is 6.54 Å². The molecule has 1 aromatic carbocycles. The van der Waals surface area contributed by atoms with Crippen molar-refractivity contribution in [2.24, 2.45) is 5.73 Å². The summed E-state index contributed by atoms with van der Waals surface area (Å²) in [6.45, 7) is 2.31. The van der Waals surface area contributed by atoms with Crippen LogP contribution in [0.25, 0.3) is 0 Å². The Kier molecular flexibility index (Phi) is 5.56. The molecule has 0 radical (unpaired) electrons. The van der Waals surface area contributed by atoms with Gasteiger partial charge in [0.15, 0.2) is 0 Å². The number of aliphatic hydroxyl groups excluding tert-OH is 1. The fourth-order valence-corrected chi connectivity index (χ4v) is 2.52. The van der Waals surface area contributed by atoms with Crippen molar-refractivity contribution in [3.63, 3.8) is 0 Å². The number of aliphatic hydroxyl groups is 1. The van der Waals surface area contributed by atoms with Crippen molar-refractivity contribution in [1.29, 1.82) is 0 Å². The minimum atomic E-state index is -0.503. The Morgan fingerprint density at radius 2 is 1.88 bits per heavy atom. The van der Waals surface area contributed by atoms with Gasteiger partial charge < -0.3 is 10.8 Å². The Hall–Kier alpha value is -0.280. The Bertz CT molecular complexity index is 324. The van der Waals surface area contributed by atoms with Crippen LogP contribution in [0.1, 0.15) is 31.2 Å². The summed E-state index contributed by atoms with van der Waals surface area (Å²) in [7, 11) is 0. The zero-order chi connectivity index (χ0) is 12.1. The quantitative estimate of drug-likeness (QED) is 0.855. The number of hydrogen-bond donors (Lipinski definition) is 2. The van der Waals surface area contributed by atoms with Gasteiger partial charge in [0.1, 0.15) is 0 Å². The molecule has 4 heteroatoms. The molecule has 16 heavy (non-hydrogen) atoms. The van der Waals surface area contributed by atoms with Gasteiger partial charge in [-0.2, -0.15) is 0 Å². The SMILES string of the molecule is CCC(CC(O)CN)c1c(Cl)cccc1Cl. The number of hydrogen-bond acceptors (Lipinski definition) is 2. The van der Waals surface area contributed by atoms with E-state index >= 15 is 0 Å². The summed E-state index contributed by atoms with van der Waals surface area (Å²) in [4.78, 5) is 0. The van der Waals surface area contributed by atoms with Crippen LogP contribution < -0.4 is 5.73 Å². The van der Waals surface area contributed by atoms with E-state index in [0.717, 1.165) is 12.0 Å². The van der Waals surface area contributed by atoms with Crippen LogP contribution in [0.15, 0.2) is 18.2 Å². The first-order chi connectivity index (χ1) is 7.60. The smallest absolute Gasteiger partial charge is 0.0668 e. The lowest BCUT2D eigenvalue weighted by Gasteiger charge is -2.20. The van der Waals surface area contributed by atoms with Crippen LogP contribution in [0.2, 0.25) is 10.0 Å². The second-order valence-corrected chi connectivity index (χ2v) is 4.68. The van der Waals surface area contributed by atoms with E-state index in [2.05, 4.69) is 0 Å². The van der Waals surface area contributed by atoms with Crippen molar-refractivity contribution in [1.82, 2.24) is 0 Å². The van der Waals surface area contributed by atoms with Crippen LogP contribution in [-0.4, -0.2) is 17.8 Å². The molecule has 3 N–H and O–H groups in total. The first kappa shape index (κ1) is 13.8. The number of benzene rings is 1. The summed E-state index contributed by atoms with van der Waals surface area (Å²) >= 11 is 12.3. The van der Waals surface area contributed by atoms with E-state index < -0.39 is 6.10 Å². The standard InChI is InChI=1S/C12H17Cl2NO/c1-2-8(6-9(16)7-15)12-10(13)4-3-5-11(12)14/h3-5,8-9,16H,2,6-7,15H2,1H3. The number of rotatable bonds is 5. The van der Waals surface area contributed by atoms with Gasteiger partial charge >= 0.3 is 0 Å². The van der Waals surface area contributed by atoms with Gasteiger partial charge in [-0.1, -0.05) is 36.2 Å². The van der Waals surface area contributed by atoms with Gasteiger partial charge in [0.05, 0.1) is 6.10 Å². The molecule has 0 fully saturated rings. The lowest BCUT2D eigenvalue weighted by molar-refractivity contribution is 0.162. The number of halogens is 2. The molecule has 0 heterocycles. The van der Waals surface area contributed by atoms with Crippen molar-refractivity contribution in [3.05, 3.63) is 33.8 Å². The van der Waals surface area contributed by atoms with Gasteiger partial charge in [0.25, 0.3) is 0 Å². The molecule has 0 aliphatic heterocycles. The van der Waals surface area contributed by atoms with Gasteiger partial charge in [-0.15, -0.1) is 0 Å². The highest BCUT2D eigenvalue weighted by Gasteiger charge is 2.19. The molecule has 0 saturated carbocycles. The Balaban J connectivity index is 2.94. The summed E-state index contributed by atoms with van der Waals surface area (Å²) in [5, 5.41) is 10.9. The molecule has 0 bridgehead atoms. The highest BCUT2D eigenvalue weighted by molar-refractivity contribution is 6.36. The molecule has 2 atom stereocenters. The average molecular weight is 262 g/mol. The Labute approximate surface area is 106 Å². The maximum absolute atomic E-state index is 9.59. The van der Waals surface area contributed by atoms with E-state index in [1.165, 1.54) is 0 Å². The van der Waals surface area contributed by atoms with E-state index in [4.69, 9.17) is 28.9 Å². The molecule has 2 unspecified atom stereocenters. The molecule has 0 aromatic heterocycles. The Morgan fingerprint density at radius 1 is 1.31 bits per heavy atom. The monoisotopic (exact) mass is 261 g/mol. The molecule has 0 amide bonds. The third-order valence-corrected chi connectivity index (χ3v) is 3.39. The van der Waals surface area contributed by atoms with Gasteiger partial charge in [0, 0.05) is 16.6 Å². The second kappa shape index (κ2) is 6.45. The maximum atomic E-state index is 9.59. The fraction of sp³-hybridized carbons (Fsp3) is 0.500. The molecule has 0 aliphatic rings. The summed E-state index contributed by atoms with van der Waals surface area (Å²) in [6.07, 6.45) is 0.967. The molecule has 1 aromatic rings. The highest BCUT2D eigenvalue weighted by atomic mass is 35.5. The first-order valence-corrected chi connectivity index (χ1v) is 6.17. The van der Waals surface area contributed by atoms with E-state index in [9.17, 15) is 5.11 Å². The van der Waals surface area contributed by atoms with Crippen molar-refractivity contribution < 1.29 is 5.11 Å². The highest BCUT2D eigenvalue weighted by Crippen LogP contribution is 2.35. The van der Waals surface area contributed by atoms with Gasteiger partial charge in [-0.25, -0.2) is 0 Å². The zero-order valence-electron chi connectivity index (χ0n) is 9.29. The third kappa shape index (κ3) is 3.36. The van der Waals surface area contributed by atoms with Crippen LogP contribution in [0, 0.1) is 0 Å². The van der Waals surface area contributed by atoms with Gasteiger partial charge in [-0.05, 0) is 36.5 Å². The molecule has 1 rings (SSSR count). The van der Waals surface area contributed by atoms with E-state index in [0.29, 0.717) is 16.5 Å². The summed E-state index contributed by atoms with van der Waals surface area (Å²) in [6, 6.07) is 5.46. The number of nitrogens with two attached hydrogens (primary N) is 1. The molecule has 0 aliphatic carbocycles. The maximum Gasteiger partial charge on any atom is 0.0668 e. The average Bonchev–Trinajstić information content (AvgIpc) is 2.27. The van der Waals surface area contributed by atoms with Crippen LogP contribution in [0.3, 0.4) is 0 Å². The predicted octanol–water partition coefficient (Wildman–Crippen LogP) is 3.20. The molecular formula is C12H17Cl2NO. The zero-order valence-corrected chi connectivity index (χ0v) is 10.8. The topological polar surface area (TPSA) is 46.2 Å². The third-order valence-electron chi connectivity index (χ3n) is 2.73. The fourth-order valence-electron chi connectivity index (χ4n) is 1.81. The summed E-state index contributed by atoms with van der Waals surface area (Å²) in [5.74, 6) is 0.153. The normalized spacial score (nSPS) is 14.8. The minimum absolute atomic E-state index is 0.153. The van der Waals surface area contributed by atoms with E-state index in [-0.39, 0.29) is 12.5 Å². The minimum Gasteiger partial charge on any atom is -0.392 e. The van der Waals surface area contributed by atoms with Crippen LogP contribution >= 0.6 is 23.2 Å². The van der Waals surface area contributed by atoms with E-state index in [1.807, 2.05) is 25.1 Å². The van der Waals surface area contributed by atoms with Gasteiger partial charge in [-0.3, -0.25) is 0 Å². The predicted molar refractivity (Wildman–Crippen MR) is 69.2 cm³/mol. The largest absolute Gasteiger partial charge is 0.392 e. The summed E-state index contributed by atoms with van der Waals surface area (Å²) < 4.78 is 0. The van der Waals surface area contributed by atoms with E-state index in [1.54, 1.807) is 0 Å². The molecule has 2 nitrogen and oxygen atoms in total. The molecule has 0 saturated heterocycles. The summed E-state index contributed by atoms with van der Waals surface area (Å²) in [5.41, 5.74) is 6.33. The van der Waals surface area contributed by atoms with Crippen LogP contribution in [-0.2, 0) is 0 Å². The molecule has 0 spiro atoms. The van der Waals surface area contributed by atoms with Crippen molar-refractivity contribution in [3.8, 4) is 0 Å². The lowest BCUT2D eigenvalue weighted by atomic mass is 9.90. The van der Waals surface area contributed by atoms with Crippen LogP contribution in [0.5, 0.6) is 0 Å². The molecule has 90 valence electrons. The van der Waals surface area contributed by atoms with Crippen LogP contribution in [0.4, 0.5) is 0 Å².